The zero-order chi connectivity index (χ0) is 9.80. The average molecular weight is 231 g/mol. The van der Waals surface area contributed by atoms with Crippen molar-refractivity contribution in [2.45, 2.75) is 25.3 Å². The quantitative estimate of drug-likeness (QED) is 0.735. The molecule has 0 aromatic heterocycles. The van der Waals surface area contributed by atoms with Gasteiger partial charge in [0.2, 0.25) is 0 Å². The van der Waals surface area contributed by atoms with Gasteiger partial charge in [0.15, 0.2) is 0 Å². The molecular weight excluding hydrogens is 210 g/mol. The molecule has 2 fully saturated rings. The van der Waals surface area contributed by atoms with Gasteiger partial charge in [-0.25, -0.2) is 0 Å². The lowest BCUT2D eigenvalue weighted by Gasteiger charge is -2.34. The van der Waals surface area contributed by atoms with Crippen LogP contribution in [0, 0.1) is 5.92 Å². The monoisotopic (exact) mass is 231 g/mol. The van der Waals surface area contributed by atoms with Gasteiger partial charge >= 0.3 is 0 Å². The molecule has 0 unspecified atom stereocenters. The molecule has 0 aromatic carbocycles. The molecule has 2 aliphatic rings. The van der Waals surface area contributed by atoms with Crippen molar-refractivity contribution in [1.82, 2.24) is 4.90 Å². The fourth-order valence-corrected chi connectivity index (χ4v) is 4.81. The third kappa shape index (κ3) is 3.07. The molecule has 0 radical (unpaired) electrons. The van der Waals surface area contributed by atoms with Gasteiger partial charge < -0.3 is 4.90 Å². The van der Waals surface area contributed by atoms with E-state index in [-0.39, 0.29) is 0 Å². The van der Waals surface area contributed by atoms with Crippen LogP contribution in [-0.4, -0.2) is 47.5 Å². The summed E-state index contributed by atoms with van der Waals surface area (Å²) in [5.74, 6) is 6.46. The van der Waals surface area contributed by atoms with Crippen LogP contribution < -0.4 is 0 Å². The van der Waals surface area contributed by atoms with Gasteiger partial charge in [-0.15, -0.1) is 0 Å². The maximum Gasteiger partial charge on any atom is 0.0274 e. The lowest BCUT2D eigenvalue weighted by atomic mass is 9.85. The van der Waals surface area contributed by atoms with Gasteiger partial charge in [-0.2, -0.15) is 23.5 Å². The fourth-order valence-electron chi connectivity index (χ4n) is 2.09. The molecule has 1 saturated heterocycles. The molecule has 14 heavy (non-hydrogen) atoms. The lowest BCUT2D eigenvalue weighted by Crippen LogP contribution is -2.40. The van der Waals surface area contributed by atoms with Crippen molar-refractivity contribution < 1.29 is 0 Å². The molecule has 1 saturated carbocycles. The van der Waals surface area contributed by atoms with Crippen molar-refractivity contribution in [1.29, 1.82) is 0 Å². The first-order valence-corrected chi connectivity index (χ1v) is 8.03. The van der Waals surface area contributed by atoms with E-state index in [9.17, 15) is 0 Å². The van der Waals surface area contributed by atoms with Crippen LogP contribution in [0.15, 0.2) is 0 Å². The smallest absolute Gasteiger partial charge is 0.0274 e. The van der Waals surface area contributed by atoms with Gasteiger partial charge in [-0.05, 0) is 25.8 Å². The van der Waals surface area contributed by atoms with E-state index in [0.717, 1.165) is 12.0 Å². The van der Waals surface area contributed by atoms with E-state index in [1.807, 2.05) is 0 Å². The largest absolute Gasteiger partial charge is 0.301 e. The molecule has 0 bridgehead atoms. The minimum Gasteiger partial charge on any atom is -0.301 e. The fraction of sp³-hybridized carbons (Fsp3) is 1.00. The van der Waals surface area contributed by atoms with Crippen LogP contribution in [0.3, 0.4) is 0 Å². The normalized spacial score (nSPS) is 26.1. The van der Waals surface area contributed by atoms with E-state index < -0.39 is 0 Å². The summed E-state index contributed by atoms with van der Waals surface area (Å²) in [5, 5.41) is 0. The van der Waals surface area contributed by atoms with E-state index in [4.69, 9.17) is 0 Å². The van der Waals surface area contributed by atoms with Crippen LogP contribution in [-0.2, 0) is 0 Å². The molecule has 2 rings (SSSR count). The Morgan fingerprint density at radius 3 is 2.29 bits per heavy atom. The Hall–Kier alpha value is 0.660. The van der Waals surface area contributed by atoms with Crippen molar-refractivity contribution in [2.24, 2.45) is 5.92 Å². The van der Waals surface area contributed by atoms with Crippen molar-refractivity contribution >= 4 is 23.5 Å². The van der Waals surface area contributed by atoms with Crippen LogP contribution in [0.4, 0.5) is 0 Å². The van der Waals surface area contributed by atoms with E-state index in [1.165, 1.54) is 48.8 Å². The minimum absolute atomic E-state index is 0.841. The van der Waals surface area contributed by atoms with Gasteiger partial charge in [0.05, 0.1) is 0 Å². The molecule has 0 atom stereocenters. The van der Waals surface area contributed by atoms with E-state index in [0.29, 0.717) is 0 Å². The number of thioether (sulfide) groups is 2. The molecular formula is C11H21NS2. The van der Waals surface area contributed by atoms with E-state index >= 15 is 0 Å². The second kappa shape index (κ2) is 5.66. The van der Waals surface area contributed by atoms with Gasteiger partial charge in [-0.3, -0.25) is 0 Å². The Labute approximate surface area is 96.4 Å². The Bertz CT molecular complexity index is 163. The highest BCUT2D eigenvalue weighted by atomic mass is 32.2. The number of nitrogens with zero attached hydrogens (tertiary/aromatic N) is 1. The first kappa shape index (κ1) is 11.2. The van der Waals surface area contributed by atoms with Crippen LogP contribution in [0.25, 0.3) is 0 Å². The minimum atomic E-state index is 0.841. The Morgan fingerprint density at radius 1 is 1.14 bits per heavy atom. The van der Waals surface area contributed by atoms with Crippen molar-refractivity contribution in [3.63, 3.8) is 0 Å². The predicted octanol–water partition coefficient (Wildman–Crippen LogP) is 2.57. The Morgan fingerprint density at radius 2 is 1.79 bits per heavy atom. The average Bonchev–Trinajstić information content (AvgIpc) is 2.38. The maximum atomic E-state index is 2.62. The molecule has 0 amide bonds. The third-order valence-corrected chi connectivity index (χ3v) is 5.87. The third-order valence-electron chi connectivity index (χ3n) is 3.39. The van der Waals surface area contributed by atoms with Gasteiger partial charge in [-0.1, -0.05) is 6.42 Å². The summed E-state index contributed by atoms with van der Waals surface area (Å²) in [6, 6.07) is 0.841. The number of hydrogen-bond acceptors (Lipinski definition) is 3. The molecule has 82 valence electrons. The lowest BCUT2D eigenvalue weighted by molar-refractivity contribution is 0.181. The van der Waals surface area contributed by atoms with Crippen molar-refractivity contribution in [3.05, 3.63) is 0 Å². The summed E-state index contributed by atoms with van der Waals surface area (Å²) in [6.45, 7) is 1.35. The summed E-state index contributed by atoms with van der Waals surface area (Å²) in [6.07, 6.45) is 4.45. The number of rotatable bonds is 3. The first-order chi connectivity index (χ1) is 6.86. The van der Waals surface area contributed by atoms with E-state index in [2.05, 4.69) is 35.5 Å². The molecule has 0 spiro atoms. The highest BCUT2D eigenvalue weighted by molar-refractivity contribution is 8.03. The summed E-state index contributed by atoms with van der Waals surface area (Å²) < 4.78 is 0. The highest BCUT2D eigenvalue weighted by Gasteiger charge is 2.23. The highest BCUT2D eigenvalue weighted by Crippen LogP contribution is 2.28. The zero-order valence-electron chi connectivity index (χ0n) is 9.08. The molecule has 1 heterocycles. The topological polar surface area (TPSA) is 3.24 Å². The van der Waals surface area contributed by atoms with Crippen LogP contribution in [0.5, 0.6) is 0 Å². The molecule has 3 heteroatoms. The van der Waals surface area contributed by atoms with E-state index in [1.54, 1.807) is 0 Å². The summed E-state index contributed by atoms with van der Waals surface area (Å²) >= 11 is 4.28. The van der Waals surface area contributed by atoms with Crippen LogP contribution in [0.2, 0.25) is 0 Å². The standard InChI is InChI=1S/C11H21NS2/c1-12(7-10-3-2-4-10)11-8-13-5-6-14-9-11/h10-11H,2-9H2,1H3. The second-order valence-electron chi connectivity index (χ2n) is 4.54. The molecule has 1 nitrogen and oxygen atoms in total. The second-order valence-corrected chi connectivity index (χ2v) is 6.84. The summed E-state index contributed by atoms with van der Waals surface area (Å²) in [7, 11) is 2.33. The summed E-state index contributed by atoms with van der Waals surface area (Å²) in [4.78, 5) is 2.62. The molecule has 1 aliphatic carbocycles. The van der Waals surface area contributed by atoms with Gasteiger partial charge in [0.1, 0.15) is 0 Å². The van der Waals surface area contributed by atoms with Gasteiger partial charge in [0.25, 0.3) is 0 Å². The molecule has 1 aliphatic heterocycles. The SMILES string of the molecule is CN(CC1CCC1)C1CSCCSC1. The Kier molecular flexibility index (Phi) is 4.51. The molecule has 0 aromatic rings. The first-order valence-electron chi connectivity index (χ1n) is 5.72. The predicted molar refractivity (Wildman–Crippen MR) is 68.4 cm³/mol. The van der Waals surface area contributed by atoms with Gasteiger partial charge in [0, 0.05) is 35.6 Å². The van der Waals surface area contributed by atoms with Crippen LogP contribution in [0.1, 0.15) is 19.3 Å². The summed E-state index contributed by atoms with van der Waals surface area (Å²) in [5.41, 5.74) is 0. The zero-order valence-corrected chi connectivity index (χ0v) is 10.7. The maximum absolute atomic E-state index is 2.62. The van der Waals surface area contributed by atoms with Crippen molar-refractivity contribution in [2.75, 3.05) is 36.6 Å². The molecule has 0 N–H and O–H groups in total. The Balaban J connectivity index is 1.73. The van der Waals surface area contributed by atoms with Crippen molar-refractivity contribution in [3.8, 4) is 0 Å². The van der Waals surface area contributed by atoms with Crippen LogP contribution >= 0.6 is 23.5 Å². The number of hydrogen-bond donors (Lipinski definition) is 0.